The summed E-state index contributed by atoms with van der Waals surface area (Å²) < 4.78 is 0. The van der Waals surface area contributed by atoms with Crippen LogP contribution < -0.4 is 16.0 Å². The molecule has 0 aliphatic carbocycles. The summed E-state index contributed by atoms with van der Waals surface area (Å²) in [5, 5.41) is 3.39. The van der Waals surface area contributed by atoms with Gasteiger partial charge >= 0.3 is 0 Å². The fourth-order valence-electron chi connectivity index (χ4n) is 2.75. The van der Waals surface area contributed by atoms with E-state index >= 15 is 0 Å². The second-order valence-corrected chi connectivity index (χ2v) is 5.22. The summed E-state index contributed by atoms with van der Waals surface area (Å²) in [6.45, 7) is 5.79. The van der Waals surface area contributed by atoms with E-state index in [1.54, 1.807) is 0 Å². The zero-order valence-corrected chi connectivity index (χ0v) is 11.9. The van der Waals surface area contributed by atoms with Gasteiger partial charge in [-0.15, -0.1) is 0 Å². The van der Waals surface area contributed by atoms with Crippen LogP contribution in [-0.2, 0) is 0 Å². The molecule has 2 rings (SSSR count). The highest BCUT2D eigenvalue weighted by Gasteiger charge is 2.23. The van der Waals surface area contributed by atoms with Crippen LogP contribution in [0.5, 0.6) is 0 Å². The molecule has 0 spiro atoms. The molecule has 1 saturated heterocycles. The Morgan fingerprint density at radius 2 is 2.26 bits per heavy atom. The number of likely N-dealkylation sites (N-methyl/N-ethyl adjacent to an activating group) is 1. The second kappa shape index (κ2) is 5.57. The number of hydrogen-bond acceptors (Lipinski definition) is 4. The lowest BCUT2D eigenvalue weighted by molar-refractivity contribution is 0.0999. The van der Waals surface area contributed by atoms with E-state index in [1.165, 1.54) is 0 Å². The van der Waals surface area contributed by atoms with Gasteiger partial charge in [0.25, 0.3) is 5.91 Å². The first kappa shape index (κ1) is 13.8. The van der Waals surface area contributed by atoms with Crippen LogP contribution in [0.3, 0.4) is 0 Å². The van der Waals surface area contributed by atoms with Crippen LogP contribution in [0.25, 0.3) is 0 Å². The summed E-state index contributed by atoms with van der Waals surface area (Å²) in [5.74, 6) is -0.407. The minimum Gasteiger partial charge on any atom is -0.370 e. The number of hydrogen-bond donors (Lipinski definition) is 2. The largest absolute Gasteiger partial charge is 0.370 e. The number of anilines is 1. The Balaban J connectivity index is 2.39. The molecular weight excluding hydrogens is 240 g/mol. The molecule has 1 aromatic rings. The number of rotatable bonds is 3. The number of nitrogens with zero attached hydrogens (tertiary/aromatic N) is 2. The molecule has 104 valence electrons. The normalized spacial score (nSPS) is 19.2. The fraction of sp³-hybridized carbons (Fsp3) is 0.571. The number of piperidine rings is 1. The van der Waals surface area contributed by atoms with Gasteiger partial charge in [0.2, 0.25) is 0 Å². The molecule has 1 aliphatic heterocycles. The topological polar surface area (TPSA) is 71.2 Å². The number of carbonyl (C=O) groups is 1. The molecule has 19 heavy (non-hydrogen) atoms. The molecule has 1 aromatic heterocycles. The predicted molar refractivity (Wildman–Crippen MR) is 76.5 cm³/mol. The van der Waals surface area contributed by atoms with Crippen molar-refractivity contribution in [1.82, 2.24) is 10.3 Å². The Labute approximate surface area is 114 Å². The second-order valence-electron chi connectivity index (χ2n) is 5.22. The van der Waals surface area contributed by atoms with Crippen molar-refractivity contribution in [3.05, 3.63) is 23.0 Å². The third-order valence-electron chi connectivity index (χ3n) is 3.75. The van der Waals surface area contributed by atoms with Crippen LogP contribution in [0.2, 0.25) is 0 Å². The molecule has 2 heterocycles. The molecule has 0 bridgehead atoms. The molecule has 3 N–H and O–H groups in total. The average Bonchev–Trinajstić information content (AvgIpc) is 2.37. The highest BCUT2D eigenvalue weighted by atomic mass is 16.1. The number of pyridine rings is 1. The van der Waals surface area contributed by atoms with Crippen molar-refractivity contribution < 1.29 is 4.79 Å². The highest BCUT2D eigenvalue weighted by molar-refractivity contribution is 5.99. The van der Waals surface area contributed by atoms with Gasteiger partial charge in [0.05, 0.1) is 16.9 Å². The van der Waals surface area contributed by atoms with Gasteiger partial charge < -0.3 is 16.0 Å². The van der Waals surface area contributed by atoms with Gasteiger partial charge in [-0.25, -0.2) is 0 Å². The molecule has 5 nitrogen and oxygen atoms in total. The van der Waals surface area contributed by atoms with Gasteiger partial charge in [-0.3, -0.25) is 9.78 Å². The van der Waals surface area contributed by atoms with Crippen LogP contribution in [0.15, 0.2) is 6.07 Å². The van der Waals surface area contributed by atoms with Crippen LogP contribution in [0, 0.1) is 13.8 Å². The van der Waals surface area contributed by atoms with Crippen LogP contribution in [0.4, 0.5) is 5.69 Å². The molecule has 5 heteroatoms. The Kier molecular flexibility index (Phi) is 4.04. The van der Waals surface area contributed by atoms with Crippen LogP contribution in [0.1, 0.15) is 34.6 Å². The van der Waals surface area contributed by atoms with Crippen molar-refractivity contribution >= 4 is 11.6 Å². The van der Waals surface area contributed by atoms with Crippen molar-refractivity contribution in [3.8, 4) is 0 Å². The Bertz CT molecular complexity index is 481. The highest BCUT2D eigenvalue weighted by Crippen LogP contribution is 2.26. The molecule has 0 saturated carbocycles. The van der Waals surface area contributed by atoms with E-state index in [2.05, 4.69) is 15.2 Å². The zero-order chi connectivity index (χ0) is 14.0. The molecule has 1 atom stereocenters. The fourth-order valence-corrected chi connectivity index (χ4v) is 2.75. The molecule has 1 amide bonds. The molecule has 1 unspecified atom stereocenters. The van der Waals surface area contributed by atoms with E-state index in [9.17, 15) is 4.79 Å². The lowest BCUT2D eigenvalue weighted by Gasteiger charge is -2.34. The van der Waals surface area contributed by atoms with Gasteiger partial charge in [-0.1, -0.05) is 0 Å². The summed E-state index contributed by atoms with van der Waals surface area (Å²) in [7, 11) is 2.03. The summed E-state index contributed by atoms with van der Waals surface area (Å²) in [4.78, 5) is 18.2. The molecule has 0 radical (unpaired) electrons. The standard InChI is InChI=1S/C14H22N4O/c1-9-7-12(13(14(15)19)10(2)17-9)18(3)11-5-4-6-16-8-11/h7,11,16H,4-6,8H2,1-3H3,(H2,15,19). The molecule has 0 aromatic carbocycles. The number of aromatic nitrogens is 1. The van der Waals surface area contributed by atoms with E-state index in [0.29, 0.717) is 17.3 Å². The maximum absolute atomic E-state index is 11.7. The van der Waals surface area contributed by atoms with Gasteiger partial charge in [0.1, 0.15) is 0 Å². The van der Waals surface area contributed by atoms with E-state index in [0.717, 1.165) is 37.3 Å². The SMILES string of the molecule is Cc1cc(N(C)C2CCCNC2)c(C(N)=O)c(C)n1. The first-order chi connectivity index (χ1) is 9.00. The van der Waals surface area contributed by atoms with E-state index in [1.807, 2.05) is 27.0 Å². The van der Waals surface area contributed by atoms with Crippen LogP contribution in [-0.4, -0.2) is 37.1 Å². The summed E-state index contributed by atoms with van der Waals surface area (Å²) in [5.41, 5.74) is 8.56. The molecule has 1 aliphatic rings. The Morgan fingerprint density at radius 3 is 2.84 bits per heavy atom. The van der Waals surface area contributed by atoms with Gasteiger partial charge in [-0.2, -0.15) is 0 Å². The maximum atomic E-state index is 11.7. The lowest BCUT2D eigenvalue weighted by Crippen LogP contribution is -2.45. The van der Waals surface area contributed by atoms with Crippen molar-refractivity contribution in [1.29, 1.82) is 0 Å². The smallest absolute Gasteiger partial charge is 0.252 e. The Hall–Kier alpha value is -1.62. The summed E-state index contributed by atoms with van der Waals surface area (Å²) in [6, 6.07) is 2.34. The average molecular weight is 262 g/mol. The van der Waals surface area contributed by atoms with E-state index in [4.69, 9.17) is 5.73 Å². The first-order valence-electron chi connectivity index (χ1n) is 6.72. The summed E-state index contributed by atoms with van der Waals surface area (Å²) in [6.07, 6.45) is 2.28. The quantitative estimate of drug-likeness (QED) is 0.852. The monoisotopic (exact) mass is 262 g/mol. The minimum absolute atomic E-state index is 0.396. The molecule has 1 fully saturated rings. The number of nitrogens with two attached hydrogens (primary N) is 1. The van der Waals surface area contributed by atoms with E-state index < -0.39 is 5.91 Å². The number of amides is 1. The van der Waals surface area contributed by atoms with Gasteiger partial charge in [0, 0.05) is 25.3 Å². The number of nitrogens with one attached hydrogen (secondary N) is 1. The lowest BCUT2D eigenvalue weighted by atomic mass is 10.0. The predicted octanol–water partition coefficient (Wildman–Crippen LogP) is 0.986. The maximum Gasteiger partial charge on any atom is 0.252 e. The third-order valence-corrected chi connectivity index (χ3v) is 3.75. The Morgan fingerprint density at radius 1 is 1.53 bits per heavy atom. The van der Waals surface area contributed by atoms with Gasteiger partial charge in [0.15, 0.2) is 0 Å². The van der Waals surface area contributed by atoms with Crippen molar-refractivity contribution in [2.45, 2.75) is 32.7 Å². The first-order valence-corrected chi connectivity index (χ1v) is 6.72. The van der Waals surface area contributed by atoms with Gasteiger partial charge in [-0.05, 0) is 39.3 Å². The summed E-state index contributed by atoms with van der Waals surface area (Å²) >= 11 is 0. The van der Waals surface area contributed by atoms with Crippen molar-refractivity contribution in [3.63, 3.8) is 0 Å². The van der Waals surface area contributed by atoms with Crippen LogP contribution >= 0.6 is 0 Å². The number of aryl methyl sites for hydroxylation is 2. The molecular formula is C14H22N4O. The van der Waals surface area contributed by atoms with Crippen molar-refractivity contribution in [2.24, 2.45) is 5.73 Å². The zero-order valence-electron chi connectivity index (χ0n) is 11.9. The number of primary amides is 1. The third kappa shape index (κ3) is 2.87. The van der Waals surface area contributed by atoms with Crippen molar-refractivity contribution in [2.75, 3.05) is 25.0 Å². The minimum atomic E-state index is -0.407. The van der Waals surface area contributed by atoms with E-state index in [-0.39, 0.29) is 0 Å². The number of carbonyl (C=O) groups excluding carboxylic acids is 1.